The zero-order valence-electron chi connectivity index (χ0n) is 10.3. The van der Waals surface area contributed by atoms with E-state index in [2.05, 4.69) is 11.8 Å². The van der Waals surface area contributed by atoms with E-state index >= 15 is 0 Å². The van der Waals surface area contributed by atoms with Gasteiger partial charge in [0, 0.05) is 25.0 Å². The van der Waals surface area contributed by atoms with Gasteiger partial charge in [-0.2, -0.15) is 0 Å². The smallest absolute Gasteiger partial charge is 0.320 e. The van der Waals surface area contributed by atoms with Crippen LogP contribution in [0.25, 0.3) is 0 Å². The van der Waals surface area contributed by atoms with E-state index in [0.29, 0.717) is 13.1 Å². The molecule has 0 aliphatic carbocycles. The highest BCUT2D eigenvalue weighted by molar-refractivity contribution is 5.36. The minimum Gasteiger partial charge on any atom is -0.320 e. The molecule has 0 aliphatic rings. The van der Waals surface area contributed by atoms with Gasteiger partial charge < -0.3 is 10.3 Å². The molecule has 18 heavy (non-hydrogen) atoms. The number of rotatable bonds is 2. The second-order valence-electron chi connectivity index (χ2n) is 4.02. The van der Waals surface area contributed by atoms with Crippen LogP contribution in [0.3, 0.4) is 0 Å². The lowest BCUT2D eigenvalue weighted by molar-refractivity contribution is 0.718. The number of nitrogens with two attached hydrogens (primary N) is 1. The molecule has 1 aromatic carbocycles. The summed E-state index contributed by atoms with van der Waals surface area (Å²) in [6, 6.07) is 7.82. The summed E-state index contributed by atoms with van der Waals surface area (Å²) < 4.78 is 3.22. The Balaban J connectivity index is 2.16. The fourth-order valence-electron chi connectivity index (χ4n) is 1.67. The topological polar surface area (TPSA) is 52.9 Å². The second-order valence-corrected chi connectivity index (χ2v) is 4.02. The molecule has 0 saturated heterocycles. The summed E-state index contributed by atoms with van der Waals surface area (Å²) in [5, 5.41) is 0. The van der Waals surface area contributed by atoms with Gasteiger partial charge in [0.25, 0.3) is 0 Å². The van der Waals surface area contributed by atoms with Gasteiger partial charge in [0.2, 0.25) is 0 Å². The van der Waals surface area contributed by atoms with Gasteiger partial charge >= 0.3 is 5.69 Å². The molecule has 0 atom stereocenters. The summed E-state index contributed by atoms with van der Waals surface area (Å²) in [5.41, 5.74) is 7.31. The van der Waals surface area contributed by atoms with Gasteiger partial charge in [-0.15, -0.1) is 0 Å². The maximum atomic E-state index is 11.7. The fourth-order valence-corrected chi connectivity index (χ4v) is 1.67. The van der Waals surface area contributed by atoms with E-state index in [1.165, 1.54) is 0 Å². The van der Waals surface area contributed by atoms with Gasteiger partial charge in [-0.25, -0.2) is 4.79 Å². The third kappa shape index (κ3) is 2.70. The number of hydrogen-bond donors (Lipinski definition) is 1. The van der Waals surface area contributed by atoms with Crippen molar-refractivity contribution in [3.8, 4) is 11.8 Å². The number of aromatic nitrogens is 2. The molecule has 0 aliphatic heterocycles. The highest BCUT2D eigenvalue weighted by Crippen LogP contribution is 2.04. The third-order valence-electron chi connectivity index (χ3n) is 2.66. The number of nitrogens with zero attached hydrogens (tertiary/aromatic N) is 2. The summed E-state index contributed by atoms with van der Waals surface area (Å²) in [5.74, 6) is 5.77. The Morgan fingerprint density at radius 2 is 1.94 bits per heavy atom. The monoisotopic (exact) mass is 241 g/mol. The zero-order chi connectivity index (χ0) is 13.0. The van der Waals surface area contributed by atoms with E-state index in [1.807, 2.05) is 24.3 Å². The van der Waals surface area contributed by atoms with Crippen LogP contribution in [-0.4, -0.2) is 15.7 Å². The Morgan fingerprint density at radius 3 is 2.50 bits per heavy atom. The molecular formula is C14H15N3O. The predicted molar refractivity (Wildman–Crippen MR) is 71.1 cm³/mol. The van der Waals surface area contributed by atoms with Gasteiger partial charge in [-0.05, 0) is 17.7 Å². The Labute approximate surface area is 106 Å². The molecule has 4 nitrogen and oxygen atoms in total. The van der Waals surface area contributed by atoms with Crippen LogP contribution in [0.5, 0.6) is 0 Å². The lowest BCUT2D eigenvalue weighted by Crippen LogP contribution is -2.22. The van der Waals surface area contributed by atoms with E-state index in [1.54, 1.807) is 28.6 Å². The van der Waals surface area contributed by atoms with Gasteiger partial charge in [-0.1, -0.05) is 24.0 Å². The van der Waals surface area contributed by atoms with Crippen LogP contribution in [0.4, 0.5) is 0 Å². The number of benzene rings is 1. The lowest BCUT2D eigenvalue weighted by atomic mass is 10.1. The predicted octanol–water partition coefficient (Wildman–Crippen LogP) is 0.545. The molecule has 0 fully saturated rings. The average molecular weight is 241 g/mol. The molecule has 92 valence electrons. The van der Waals surface area contributed by atoms with Crippen molar-refractivity contribution >= 4 is 0 Å². The Morgan fingerprint density at radius 1 is 1.22 bits per heavy atom. The van der Waals surface area contributed by atoms with Crippen LogP contribution >= 0.6 is 0 Å². The van der Waals surface area contributed by atoms with E-state index in [4.69, 9.17) is 5.73 Å². The Kier molecular flexibility index (Phi) is 3.66. The molecule has 1 heterocycles. The molecule has 0 amide bonds. The first-order valence-corrected chi connectivity index (χ1v) is 5.70. The van der Waals surface area contributed by atoms with Crippen molar-refractivity contribution in [3.63, 3.8) is 0 Å². The Hall–Kier alpha value is -2.25. The van der Waals surface area contributed by atoms with Crippen molar-refractivity contribution in [1.29, 1.82) is 0 Å². The van der Waals surface area contributed by atoms with Gasteiger partial charge in [0.15, 0.2) is 0 Å². The molecule has 0 spiro atoms. The minimum atomic E-state index is -0.0120. The minimum absolute atomic E-state index is 0.0120. The molecule has 4 heteroatoms. The maximum absolute atomic E-state index is 11.7. The fraction of sp³-hybridized carbons (Fsp3) is 0.214. The van der Waals surface area contributed by atoms with Crippen LogP contribution < -0.4 is 11.4 Å². The highest BCUT2D eigenvalue weighted by Gasteiger charge is 2.00. The summed E-state index contributed by atoms with van der Waals surface area (Å²) in [7, 11) is 1.74. The largest absolute Gasteiger partial charge is 0.328 e. The van der Waals surface area contributed by atoms with Crippen molar-refractivity contribution in [3.05, 3.63) is 58.3 Å². The summed E-state index contributed by atoms with van der Waals surface area (Å²) in [6.07, 6.45) is 3.54. The zero-order valence-corrected chi connectivity index (χ0v) is 10.3. The summed E-state index contributed by atoms with van der Waals surface area (Å²) in [6.45, 7) is 0.936. The van der Waals surface area contributed by atoms with Gasteiger partial charge in [-0.3, -0.25) is 4.57 Å². The normalized spacial score (nSPS) is 9.89. The molecule has 2 rings (SSSR count). The molecule has 0 unspecified atom stereocenters. The van der Waals surface area contributed by atoms with Crippen molar-refractivity contribution < 1.29 is 0 Å². The van der Waals surface area contributed by atoms with Crippen LogP contribution in [0.1, 0.15) is 11.1 Å². The first kappa shape index (κ1) is 12.2. The lowest BCUT2D eigenvalue weighted by Gasteiger charge is -2.01. The SMILES string of the molecule is Cn1ccn(Cc2ccc(C#CCN)cc2)c1=O. The van der Waals surface area contributed by atoms with E-state index < -0.39 is 0 Å². The summed E-state index contributed by atoms with van der Waals surface area (Å²) >= 11 is 0. The standard InChI is InChI=1S/C14H15N3O/c1-16-9-10-17(14(16)18)11-13-6-4-12(5-7-13)3-2-8-15/h4-7,9-10H,8,11,15H2,1H3. The van der Waals surface area contributed by atoms with E-state index in [-0.39, 0.29) is 5.69 Å². The van der Waals surface area contributed by atoms with Crippen molar-refractivity contribution in [2.24, 2.45) is 12.8 Å². The summed E-state index contributed by atoms with van der Waals surface area (Å²) in [4.78, 5) is 11.7. The molecule has 2 N–H and O–H groups in total. The maximum Gasteiger partial charge on any atom is 0.328 e. The number of hydrogen-bond acceptors (Lipinski definition) is 2. The second kappa shape index (κ2) is 5.39. The van der Waals surface area contributed by atoms with Crippen molar-refractivity contribution in [1.82, 2.24) is 9.13 Å². The van der Waals surface area contributed by atoms with Crippen LogP contribution in [-0.2, 0) is 13.6 Å². The molecule has 0 radical (unpaired) electrons. The first-order valence-electron chi connectivity index (χ1n) is 5.70. The van der Waals surface area contributed by atoms with E-state index in [0.717, 1.165) is 11.1 Å². The van der Waals surface area contributed by atoms with Crippen LogP contribution in [0.15, 0.2) is 41.5 Å². The first-order chi connectivity index (χ1) is 8.70. The van der Waals surface area contributed by atoms with Crippen LogP contribution in [0, 0.1) is 11.8 Å². The molecule has 2 aromatic rings. The number of imidazole rings is 1. The quantitative estimate of drug-likeness (QED) is 0.780. The molecule has 0 saturated carbocycles. The van der Waals surface area contributed by atoms with Gasteiger partial charge in [0.05, 0.1) is 13.1 Å². The van der Waals surface area contributed by atoms with Crippen LogP contribution in [0.2, 0.25) is 0 Å². The van der Waals surface area contributed by atoms with E-state index in [9.17, 15) is 4.79 Å². The Bertz CT molecular complexity index is 638. The van der Waals surface area contributed by atoms with Crippen molar-refractivity contribution in [2.75, 3.05) is 6.54 Å². The average Bonchev–Trinajstić information content (AvgIpc) is 2.70. The third-order valence-corrected chi connectivity index (χ3v) is 2.66. The van der Waals surface area contributed by atoms with Gasteiger partial charge in [0.1, 0.15) is 0 Å². The highest BCUT2D eigenvalue weighted by atomic mass is 16.1. The van der Waals surface area contributed by atoms with Crippen molar-refractivity contribution in [2.45, 2.75) is 6.54 Å². The number of aryl methyl sites for hydroxylation is 1. The molecule has 0 bridgehead atoms. The molecular weight excluding hydrogens is 226 g/mol. The molecule has 1 aromatic heterocycles.